The fourth-order valence-corrected chi connectivity index (χ4v) is 3.73. The quantitative estimate of drug-likeness (QED) is 0.808. The van der Waals surface area contributed by atoms with Crippen molar-refractivity contribution < 1.29 is 18.3 Å². The molecule has 5 heteroatoms. The molecule has 0 radical (unpaired) electrons. The molecule has 0 unspecified atom stereocenters. The van der Waals surface area contributed by atoms with Crippen molar-refractivity contribution in [3.63, 3.8) is 0 Å². The molecule has 0 atom stereocenters. The molecule has 0 fully saturated rings. The number of hydrogen-bond donors (Lipinski definition) is 1. The number of hydrogen-bond acceptors (Lipinski definition) is 4. The number of sulfone groups is 1. The van der Waals surface area contributed by atoms with Crippen LogP contribution in [0.5, 0.6) is 11.5 Å². The van der Waals surface area contributed by atoms with Gasteiger partial charge in [-0.3, -0.25) is 0 Å². The molecule has 0 aliphatic heterocycles. The predicted octanol–water partition coefficient (Wildman–Crippen LogP) is 4.35. The van der Waals surface area contributed by atoms with Gasteiger partial charge in [-0.05, 0) is 74.7 Å². The number of ether oxygens (including phenoxy) is 1. The van der Waals surface area contributed by atoms with Crippen LogP contribution in [0.25, 0.3) is 0 Å². The van der Waals surface area contributed by atoms with Crippen LogP contribution in [0.1, 0.15) is 39.2 Å². The standard InChI is InChI=1S/C19H24O4S/c1-4-5-6-15-13-18(11-12-19(15)23-14(2)3)24(21,22)17-9-7-16(20)8-10-17/h7-14,20H,4-6H2,1-3H3. The molecule has 0 bridgehead atoms. The van der Waals surface area contributed by atoms with Crippen molar-refractivity contribution in [1.82, 2.24) is 0 Å². The molecular formula is C19H24O4S. The SMILES string of the molecule is CCCCc1cc(S(=O)(=O)c2ccc(O)cc2)ccc1OC(C)C. The third-order valence-electron chi connectivity index (χ3n) is 3.65. The zero-order valence-electron chi connectivity index (χ0n) is 14.3. The Balaban J connectivity index is 2.44. The average Bonchev–Trinajstić information content (AvgIpc) is 2.53. The van der Waals surface area contributed by atoms with Gasteiger partial charge in [-0.1, -0.05) is 13.3 Å². The van der Waals surface area contributed by atoms with Crippen LogP contribution in [0.2, 0.25) is 0 Å². The van der Waals surface area contributed by atoms with Gasteiger partial charge in [-0.15, -0.1) is 0 Å². The fourth-order valence-electron chi connectivity index (χ4n) is 2.42. The van der Waals surface area contributed by atoms with E-state index >= 15 is 0 Å². The van der Waals surface area contributed by atoms with E-state index in [2.05, 4.69) is 6.92 Å². The first-order valence-electron chi connectivity index (χ1n) is 8.18. The van der Waals surface area contributed by atoms with Gasteiger partial charge in [-0.2, -0.15) is 0 Å². The molecule has 0 amide bonds. The highest BCUT2D eigenvalue weighted by molar-refractivity contribution is 7.91. The van der Waals surface area contributed by atoms with Crippen molar-refractivity contribution in [1.29, 1.82) is 0 Å². The number of phenols is 1. The molecule has 0 spiro atoms. The largest absolute Gasteiger partial charge is 0.508 e. The maximum atomic E-state index is 12.8. The number of unbranched alkanes of at least 4 members (excludes halogenated alkanes) is 1. The molecule has 4 nitrogen and oxygen atoms in total. The lowest BCUT2D eigenvalue weighted by atomic mass is 10.1. The number of rotatable bonds is 7. The Hall–Kier alpha value is -2.01. The minimum absolute atomic E-state index is 0.0323. The summed E-state index contributed by atoms with van der Waals surface area (Å²) >= 11 is 0. The third kappa shape index (κ3) is 4.29. The Morgan fingerprint density at radius 1 is 1.04 bits per heavy atom. The summed E-state index contributed by atoms with van der Waals surface area (Å²) in [7, 11) is -3.62. The summed E-state index contributed by atoms with van der Waals surface area (Å²) in [5.41, 5.74) is 0.908. The van der Waals surface area contributed by atoms with E-state index in [1.54, 1.807) is 18.2 Å². The maximum absolute atomic E-state index is 12.8. The van der Waals surface area contributed by atoms with Gasteiger partial charge in [0.15, 0.2) is 0 Å². The molecule has 0 aliphatic carbocycles. The smallest absolute Gasteiger partial charge is 0.206 e. The van der Waals surface area contributed by atoms with Crippen LogP contribution in [0.3, 0.4) is 0 Å². The highest BCUT2D eigenvalue weighted by Gasteiger charge is 2.19. The minimum atomic E-state index is -3.62. The van der Waals surface area contributed by atoms with Crippen LogP contribution in [-0.2, 0) is 16.3 Å². The van der Waals surface area contributed by atoms with Crippen molar-refractivity contribution in [3.05, 3.63) is 48.0 Å². The summed E-state index contributed by atoms with van der Waals surface area (Å²) < 4.78 is 31.4. The van der Waals surface area contributed by atoms with Crippen molar-refractivity contribution in [2.45, 2.75) is 55.9 Å². The minimum Gasteiger partial charge on any atom is -0.508 e. The number of phenolic OH excluding ortho intramolecular Hbond substituents is 1. The predicted molar refractivity (Wildman–Crippen MR) is 94.4 cm³/mol. The molecule has 0 aromatic heterocycles. The number of benzene rings is 2. The number of aryl methyl sites for hydroxylation is 1. The molecule has 2 rings (SSSR count). The van der Waals surface area contributed by atoms with Gasteiger partial charge in [0.05, 0.1) is 15.9 Å². The van der Waals surface area contributed by atoms with E-state index in [0.717, 1.165) is 30.6 Å². The second-order valence-corrected chi connectivity index (χ2v) is 7.99. The Morgan fingerprint density at radius 3 is 2.25 bits per heavy atom. The van der Waals surface area contributed by atoms with E-state index in [1.807, 2.05) is 13.8 Å². The topological polar surface area (TPSA) is 63.6 Å². The van der Waals surface area contributed by atoms with Crippen molar-refractivity contribution in [2.24, 2.45) is 0 Å². The zero-order chi connectivity index (χ0) is 17.7. The second-order valence-electron chi connectivity index (χ2n) is 6.04. The van der Waals surface area contributed by atoms with E-state index in [9.17, 15) is 13.5 Å². The highest BCUT2D eigenvalue weighted by atomic mass is 32.2. The Labute approximate surface area is 144 Å². The molecule has 130 valence electrons. The maximum Gasteiger partial charge on any atom is 0.206 e. The van der Waals surface area contributed by atoms with Gasteiger partial charge in [0.2, 0.25) is 9.84 Å². The van der Waals surface area contributed by atoms with Crippen LogP contribution in [0.4, 0.5) is 0 Å². The highest BCUT2D eigenvalue weighted by Crippen LogP contribution is 2.29. The molecular weight excluding hydrogens is 324 g/mol. The van der Waals surface area contributed by atoms with Gasteiger partial charge in [0.1, 0.15) is 11.5 Å². The van der Waals surface area contributed by atoms with Gasteiger partial charge in [-0.25, -0.2) is 8.42 Å². The second kappa shape index (κ2) is 7.71. The summed E-state index contributed by atoms with van der Waals surface area (Å²) in [6, 6.07) is 10.6. The van der Waals surface area contributed by atoms with E-state index < -0.39 is 9.84 Å². The van der Waals surface area contributed by atoms with Crippen molar-refractivity contribution in [2.75, 3.05) is 0 Å². The van der Waals surface area contributed by atoms with Gasteiger partial charge in [0.25, 0.3) is 0 Å². The number of aromatic hydroxyl groups is 1. The molecule has 2 aromatic rings. The molecule has 1 N–H and O–H groups in total. The first-order chi connectivity index (χ1) is 11.3. The molecule has 0 saturated heterocycles. The first kappa shape index (κ1) is 18.3. The van der Waals surface area contributed by atoms with Crippen LogP contribution >= 0.6 is 0 Å². The normalized spacial score (nSPS) is 11.7. The molecule has 0 saturated carbocycles. The average molecular weight is 348 g/mol. The van der Waals surface area contributed by atoms with E-state index in [0.29, 0.717) is 0 Å². The third-order valence-corrected chi connectivity index (χ3v) is 5.42. The first-order valence-corrected chi connectivity index (χ1v) is 9.66. The van der Waals surface area contributed by atoms with Crippen molar-refractivity contribution >= 4 is 9.84 Å². The summed E-state index contributed by atoms with van der Waals surface area (Å²) in [6.07, 6.45) is 2.80. The van der Waals surface area contributed by atoms with Crippen LogP contribution in [-0.4, -0.2) is 19.6 Å². The lowest BCUT2D eigenvalue weighted by Crippen LogP contribution is -2.09. The summed E-state index contributed by atoms with van der Waals surface area (Å²) in [5.74, 6) is 0.779. The molecule has 2 aromatic carbocycles. The molecule has 0 heterocycles. The van der Waals surface area contributed by atoms with Crippen LogP contribution in [0, 0.1) is 0 Å². The van der Waals surface area contributed by atoms with Gasteiger partial charge >= 0.3 is 0 Å². The van der Waals surface area contributed by atoms with Gasteiger partial charge < -0.3 is 9.84 Å². The summed E-state index contributed by atoms with van der Waals surface area (Å²) in [5, 5.41) is 9.34. The van der Waals surface area contributed by atoms with E-state index in [-0.39, 0.29) is 21.6 Å². The zero-order valence-corrected chi connectivity index (χ0v) is 15.1. The fraction of sp³-hybridized carbons (Fsp3) is 0.368. The summed E-state index contributed by atoms with van der Waals surface area (Å²) in [6.45, 7) is 6.00. The summed E-state index contributed by atoms with van der Waals surface area (Å²) in [4.78, 5) is 0.412. The monoisotopic (exact) mass is 348 g/mol. The molecule has 0 aliphatic rings. The Morgan fingerprint density at radius 2 is 1.67 bits per heavy atom. The lowest BCUT2D eigenvalue weighted by molar-refractivity contribution is 0.239. The van der Waals surface area contributed by atoms with Gasteiger partial charge in [0, 0.05) is 0 Å². The van der Waals surface area contributed by atoms with E-state index in [1.165, 1.54) is 24.3 Å². The van der Waals surface area contributed by atoms with Crippen LogP contribution < -0.4 is 4.74 Å². The Kier molecular flexibility index (Phi) is 5.89. The van der Waals surface area contributed by atoms with Crippen molar-refractivity contribution in [3.8, 4) is 11.5 Å². The van der Waals surface area contributed by atoms with Crippen LogP contribution in [0.15, 0.2) is 52.3 Å². The Bertz CT molecular complexity index is 778. The molecule has 24 heavy (non-hydrogen) atoms. The lowest BCUT2D eigenvalue weighted by Gasteiger charge is -2.16. The van der Waals surface area contributed by atoms with E-state index in [4.69, 9.17) is 4.74 Å².